The number of rotatable bonds is 2. The molecule has 0 aliphatic heterocycles. The number of carboxylic acids is 1. The Bertz CT molecular complexity index is 645. The fraction of sp³-hybridized carbons (Fsp3) is 0.0714. The van der Waals surface area contributed by atoms with Crippen LogP contribution in [0.2, 0.25) is 0 Å². The highest BCUT2D eigenvalue weighted by atomic mass is 19.4. The molecule has 6 heteroatoms. The van der Waals surface area contributed by atoms with Crippen molar-refractivity contribution in [3.63, 3.8) is 0 Å². The lowest BCUT2D eigenvalue weighted by Gasteiger charge is -2.09. The molecule has 2 aromatic carbocycles. The van der Waals surface area contributed by atoms with E-state index in [1.807, 2.05) is 0 Å². The van der Waals surface area contributed by atoms with E-state index in [9.17, 15) is 22.4 Å². The summed E-state index contributed by atoms with van der Waals surface area (Å²) in [6, 6.07) is 6.92. The molecule has 0 heterocycles. The molecule has 0 aromatic heterocycles. The van der Waals surface area contributed by atoms with E-state index < -0.39 is 23.5 Å². The van der Waals surface area contributed by atoms with E-state index in [-0.39, 0.29) is 16.7 Å². The van der Waals surface area contributed by atoms with Crippen molar-refractivity contribution in [1.82, 2.24) is 0 Å². The Hall–Kier alpha value is -2.37. The van der Waals surface area contributed by atoms with Crippen molar-refractivity contribution < 1.29 is 27.5 Å². The lowest BCUT2D eigenvalue weighted by Crippen LogP contribution is -2.04. The largest absolute Gasteiger partial charge is 0.478 e. The Morgan fingerprint density at radius 2 is 1.60 bits per heavy atom. The number of hydrogen-bond acceptors (Lipinski definition) is 1. The molecule has 0 saturated carbocycles. The van der Waals surface area contributed by atoms with Crippen molar-refractivity contribution in [2.75, 3.05) is 0 Å². The number of hydrogen-bond donors (Lipinski definition) is 1. The predicted octanol–water partition coefficient (Wildman–Crippen LogP) is 4.21. The summed E-state index contributed by atoms with van der Waals surface area (Å²) in [5.74, 6) is -1.94. The Kier molecular flexibility index (Phi) is 3.48. The van der Waals surface area contributed by atoms with E-state index in [0.29, 0.717) is 0 Å². The van der Waals surface area contributed by atoms with Gasteiger partial charge in [-0.05, 0) is 41.5 Å². The van der Waals surface area contributed by atoms with Crippen LogP contribution in [0.5, 0.6) is 0 Å². The van der Waals surface area contributed by atoms with Gasteiger partial charge in [0, 0.05) is 0 Å². The van der Waals surface area contributed by atoms with Gasteiger partial charge in [-0.15, -0.1) is 0 Å². The van der Waals surface area contributed by atoms with E-state index in [4.69, 9.17) is 5.11 Å². The van der Waals surface area contributed by atoms with Crippen LogP contribution < -0.4 is 0 Å². The third-order valence-electron chi connectivity index (χ3n) is 2.74. The van der Waals surface area contributed by atoms with Crippen LogP contribution in [0.25, 0.3) is 11.1 Å². The SMILES string of the molecule is O=C(O)c1ccc(F)cc1-c1ccc(C(F)(F)F)cc1. The fourth-order valence-corrected chi connectivity index (χ4v) is 1.78. The first kappa shape index (κ1) is 14.0. The normalized spacial score (nSPS) is 11.4. The van der Waals surface area contributed by atoms with Crippen molar-refractivity contribution in [3.8, 4) is 11.1 Å². The zero-order valence-electron chi connectivity index (χ0n) is 9.91. The minimum absolute atomic E-state index is 0.0335. The van der Waals surface area contributed by atoms with Gasteiger partial charge >= 0.3 is 12.1 Å². The predicted molar refractivity (Wildman–Crippen MR) is 63.8 cm³/mol. The molecule has 0 saturated heterocycles. The van der Waals surface area contributed by atoms with Crippen molar-refractivity contribution in [2.45, 2.75) is 6.18 Å². The van der Waals surface area contributed by atoms with Crippen LogP contribution in [0.1, 0.15) is 15.9 Å². The van der Waals surface area contributed by atoms with Gasteiger partial charge in [0.05, 0.1) is 11.1 Å². The van der Waals surface area contributed by atoms with Crippen LogP contribution in [0.4, 0.5) is 17.6 Å². The average Bonchev–Trinajstić information content (AvgIpc) is 2.37. The van der Waals surface area contributed by atoms with Crippen LogP contribution in [0.3, 0.4) is 0 Å². The van der Waals surface area contributed by atoms with Crippen molar-refractivity contribution in [1.29, 1.82) is 0 Å². The maximum Gasteiger partial charge on any atom is 0.416 e. The summed E-state index contributed by atoms with van der Waals surface area (Å²) in [5.41, 5.74) is -0.790. The second-order valence-corrected chi connectivity index (χ2v) is 4.07. The van der Waals surface area contributed by atoms with Gasteiger partial charge in [0.25, 0.3) is 0 Å². The number of carboxylic acid groups (broad SMARTS) is 1. The standard InChI is InChI=1S/C14H8F4O2/c15-10-5-6-11(13(19)20)12(7-10)8-1-3-9(4-2-8)14(16,17)18/h1-7H,(H,19,20). The zero-order valence-corrected chi connectivity index (χ0v) is 9.91. The molecule has 20 heavy (non-hydrogen) atoms. The minimum Gasteiger partial charge on any atom is -0.478 e. The highest BCUT2D eigenvalue weighted by molar-refractivity contribution is 5.96. The molecular weight excluding hydrogens is 276 g/mol. The lowest BCUT2D eigenvalue weighted by molar-refractivity contribution is -0.137. The molecule has 0 amide bonds. The van der Waals surface area contributed by atoms with Crippen LogP contribution >= 0.6 is 0 Å². The summed E-state index contributed by atoms with van der Waals surface area (Å²) in [4.78, 5) is 11.0. The van der Waals surface area contributed by atoms with Crippen LogP contribution in [-0.4, -0.2) is 11.1 Å². The molecule has 0 radical (unpaired) electrons. The highest BCUT2D eigenvalue weighted by Gasteiger charge is 2.30. The van der Waals surface area contributed by atoms with Gasteiger partial charge in [-0.3, -0.25) is 0 Å². The van der Waals surface area contributed by atoms with Crippen molar-refractivity contribution in [2.24, 2.45) is 0 Å². The second kappa shape index (κ2) is 4.96. The highest BCUT2D eigenvalue weighted by Crippen LogP contribution is 2.32. The Morgan fingerprint density at radius 3 is 2.10 bits per heavy atom. The molecule has 0 bridgehead atoms. The van der Waals surface area contributed by atoms with E-state index >= 15 is 0 Å². The lowest BCUT2D eigenvalue weighted by atomic mass is 9.98. The Labute approximate surface area is 111 Å². The quantitative estimate of drug-likeness (QED) is 0.839. The van der Waals surface area contributed by atoms with Gasteiger partial charge in [0.15, 0.2) is 0 Å². The number of carbonyl (C=O) groups is 1. The molecule has 2 aromatic rings. The topological polar surface area (TPSA) is 37.3 Å². The van der Waals surface area contributed by atoms with Crippen LogP contribution in [0.15, 0.2) is 42.5 Å². The first-order chi connectivity index (χ1) is 9.29. The number of alkyl halides is 3. The Morgan fingerprint density at radius 1 is 1.00 bits per heavy atom. The summed E-state index contributed by atoms with van der Waals surface area (Å²) < 4.78 is 50.5. The monoisotopic (exact) mass is 284 g/mol. The van der Waals surface area contributed by atoms with Gasteiger partial charge in [-0.2, -0.15) is 13.2 Å². The van der Waals surface area contributed by atoms with Crippen LogP contribution in [0, 0.1) is 5.82 Å². The molecular formula is C14H8F4O2. The first-order valence-corrected chi connectivity index (χ1v) is 5.49. The van der Waals surface area contributed by atoms with Gasteiger partial charge in [0.2, 0.25) is 0 Å². The molecule has 104 valence electrons. The van der Waals surface area contributed by atoms with E-state index in [2.05, 4.69) is 0 Å². The Balaban J connectivity index is 2.52. The summed E-state index contributed by atoms with van der Waals surface area (Å²) in [5, 5.41) is 9.00. The molecule has 0 aliphatic carbocycles. The number of halogens is 4. The second-order valence-electron chi connectivity index (χ2n) is 4.07. The smallest absolute Gasteiger partial charge is 0.416 e. The molecule has 0 unspecified atom stereocenters. The molecule has 0 atom stereocenters. The number of benzene rings is 2. The van der Waals surface area contributed by atoms with Gasteiger partial charge in [0.1, 0.15) is 5.82 Å². The van der Waals surface area contributed by atoms with Gasteiger partial charge in [-0.25, -0.2) is 9.18 Å². The minimum atomic E-state index is -4.48. The van der Waals surface area contributed by atoms with Crippen molar-refractivity contribution >= 4 is 5.97 Å². The van der Waals surface area contributed by atoms with E-state index in [0.717, 1.165) is 42.5 Å². The summed E-state index contributed by atoms with van der Waals surface area (Å²) >= 11 is 0. The molecule has 0 aliphatic rings. The first-order valence-electron chi connectivity index (χ1n) is 5.49. The zero-order chi connectivity index (χ0) is 14.9. The number of aromatic carboxylic acids is 1. The maximum absolute atomic E-state index is 13.2. The van der Waals surface area contributed by atoms with Crippen LogP contribution in [-0.2, 0) is 6.18 Å². The third kappa shape index (κ3) is 2.79. The third-order valence-corrected chi connectivity index (χ3v) is 2.74. The van der Waals surface area contributed by atoms with E-state index in [1.165, 1.54) is 0 Å². The maximum atomic E-state index is 13.2. The summed E-state index contributed by atoms with van der Waals surface area (Å²) in [6.45, 7) is 0. The van der Waals surface area contributed by atoms with Gasteiger partial charge in [-0.1, -0.05) is 12.1 Å². The summed E-state index contributed by atoms with van der Waals surface area (Å²) in [7, 11) is 0. The molecule has 2 rings (SSSR count). The summed E-state index contributed by atoms with van der Waals surface area (Å²) in [6.07, 6.45) is -4.48. The fourth-order valence-electron chi connectivity index (χ4n) is 1.78. The molecule has 1 N–H and O–H groups in total. The van der Waals surface area contributed by atoms with E-state index in [1.54, 1.807) is 0 Å². The molecule has 2 nitrogen and oxygen atoms in total. The van der Waals surface area contributed by atoms with Gasteiger partial charge < -0.3 is 5.11 Å². The average molecular weight is 284 g/mol. The molecule has 0 spiro atoms. The molecule has 0 fully saturated rings. The van der Waals surface area contributed by atoms with Crippen molar-refractivity contribution in [3.05, 3.63) is 59.4 Å².